The van der Waals surface area contributed by atoms with Crippen molar-refractivity contribution < 1.29 is 13.5 Å². The van der Waals surface area contributed by atoms with Crippen LogP contribution in [0.15, 0.2) is 29.2 Å². The van der Waals surface area contributed by atoms with Crippen molar-refractivity contribution in [3.8, 4) is 0 Å². The van der Waals surface area contributed by atoms with Gasteiger partial charge in [-0.05, 0) is 30.2 Å². The summed E-state index contributed by atoms with van der Waals surface area (Å²) in [6.07, 6.45) is 0.797. The molecule has 108 valence electrons. The van der Waals surface area contributed by atoms with Crippen LogP contribution in [0.1, 0.15) is 20.3 Å². The van der Waals surface area contributed by atoms with E-state index < -0.39 is 16.1 Å². The molecule has 0 heterocycles. The molecule has 0 saturated carbocycles. The second-order valence-electron chi connectivity index (χ2n) is 4.61. The number of aliphatic hydroxyl groups is 1. The van der Waals surface area contributed by atoms with Crippen LogP contribution in [0.5, 0.6) is 0 Å². The number of nitrogens with zero attached hydrogens (tertiary/aromatic N) is 1. The van der Waals surface area contributed by atoms with E-state index in [2.05, 4.69) is 0 Å². The Bertz CT molecular complexity index is 501. The van der Waals surface area contributed by atoms with Crippen LogP contribution in [-0.4, -0.2) is 37.5 Å². The number of sulfonamides is 1. The number of hydrogen-bond acceptors (Lipinski definition) is 3. The molecule has 0 saturated heterocycles. The van der Waals surface area contributed by atoms with Crippen LogP contribution >= 0.6 is 11.6 Å². The second-order valence-corrected chi connectivity index (χ2v) is 7.04. The summed E-state index contributed by atoms with van der Waals surface area (Å²) in [6, 6.07) is 5.60. The van der Waals surface area contributed by atoms with Crippen LogP contribution in [0.3, 0.4) is 0 Å². The molecule has 0 fully saturated rings. The average molecular weight is 306 g/mol. The summed E-state index contributed by atoms with van der Waals surface area (Å²) in [5.41, 5.74) is 0. The Balaban J connectivity index is 3.08. The lowest BCUT2D eigenvalue weighted by atomic mass is 10.0. The molecule has 1 rings (SSSR count). The predicted octanol–water partition coefficient (Wildman–Crippen LogP) is 2.37. The molecule has 0 amide bonds. The lowest BCUT2D eigenvalue weighted by molar-refractivity contribution is 0.158. The van der Waals surface area contributed by atoms with E-state index in [9.17, 15) is 13.5 Å². The minimum atomic E-state index is -3.61. The van der Waals surface area contributed by atoms with Crippen molar-refractivity contribution in [3.63, 3.8) is 0 Å². The van der Waals surface area contributed by atoms with E-state index in [1.165, 1.54) is 23.5 Å². The van der Waals surface area contributed by atoms with Crippen LogP contribution in [0.2, 0.25) is 5.02 Å². The van der Waals surface area contributed by atoms with Crippen molar-refractivity contribution in [2.24, 2.45) is 5.92 Å². The Morgan fingerprint density at radius 3 is 2.26 bits per heavy atom. The predicted molar refractivity (Wildman–Crippen MR) is 76.7 cm³/mol. The quantitative estimate of drug-likeness (QED) is 0.878. The highest BCUT2D eigenvalue weighted by Gasteiger charge is 2.30. The van der Waals surface area contributed by atoms with E-state index in [0.717, 1.165) is 6.42 Å². The summed E-state index contributed by atoms with van der Waals surface area (Å²) in [5.74, 6) is 0.0806. The summed E-state index contributed by atoms with van der Waals surface area (Å²) < 4.78 is 26.1. The molecule has 0 aliphatic heterocycles. The highest BCUT2D eigenvalue weighted by molar-refractivity contribution is 7.89. The Morgan fingerprint density at radius 1 is 1.32 bits per heavy atom. The molecule has 6 heteroatoms. The number of benzene rings is 1. The van der Waals surface area contributed by atoms with Crippen LogP contribution in [0.4, 0.5) is 0 Å². The molecule has 0 aliphatic carbocycles. The van der Waals surface area contributed by atoms with E-state index in [1.807, 2.05) is 13.8 Å². The topological polar surface area (TPSA) is 57.6 Å². The molecule has 4 nitrogen and oxygen atoms in total. The largest absolute Gasteiger partial charge is 0.395 e. The van der Waals surface area contributed by atoms with Gasteiger partial charge in [-0.25, -0.2) is 8.42 Å². The molecule has 0 bridgehead atoms. The minimum absolute atomic E-state index is 0.0806. The zero-order valence-corrected chi connectivity index (χ0v) is 12.9. The smallest absolute Gasteiger partial charge is 0.243 e. The first kappa shape index (κ1) is 16.4. The highest BCUT2D eigenvalue weighted by atomic mass is 35.5. The van der Waals surface area contributed by atoms with Crippen molar-refractivity contribution in [2.45, 2.75) is 31.2 Å². The van der Waals surface area contributed by atoms with Crippen LogP contribution < -0.4 is 0 Å². The number of aliphatic hydroxyl groups excluding tert-OH is 1. The van der Waals surface area contributed by atoms with E-state index in [4.69, 9.17) is 11.6 Å². The molecule has 0 radical (unpaired) electrons. The van der Waals surface area contributed by atoms with Crippen LogP contribution in [-0.2, 0) is 10.0 Å². The molecule has 19 heavy (non-hydrogen) atoms. The molecule has 1 N–H and O–H groups in total. The maximum atomic E-state index is 12.4. The van der Waals surface area contributed by atoms with Gasteiger partial charge in [-0.1, -0.05) is 31.9 Å². The van der Waals surface area contributed by atoms with Gasteiger partial charge < -0.3 is 5.11 Å². The summed E-state index contributed by atoms with van der Waals surface area (Å²) in [7, 11) is -2.11. The molecular weight excluding hydrogens is 286 g/mol. The van der Waals surface area contributed by atoms with Crippen molar-refractivity contribution in [1.29, 1.82) is 0 Å². The van der Waals surface area contributed by atoms with Crippen molar-refractivity contribution >= 4 is 21.6 Å². The van der Waals surface area contributed by atoms with Gasteiger partial charge in [0.25, 0.3) is 0 Å². The number of likely N-dealkylation sites (N-methyl/N-ethyl adjacent to an activating group) is 1. The minimum Gasteiger partial charge on any atom is -0.395 e. The Hall–Kier alpha value is -0.620. The van der Waals surface area contributed by atoms with Gasteiger partial charge in [0.2, 0.25) is 10.0 Å². The zero-order chi connectivity index (χ0) is 14.6. The molecular formula is C13H20ClNO3S. The Morgan fingerprint density at radius 2 is 1.84 bits per heavy atom. The first-order valence-electron chi connectivity index (χ1n) is 6.19. The number of rotatable bonds is 6. The summed E-state index contributed by atoms with van der Waals surface area (Å²) in [5, 5.41) is 9.91. The first-order valence-corrected chi connectivity index (χ1v) is 8.00. The van der Waals surface area contributed by atoms with Gasteiger partial charge in [-0.2, -0.15) is 4.31 Å². The monoisotopic (exact) mass is 305 g/mol. The number of hydrogen-bond donors (Lipinski definition) is 1. The van der Waals surface area contributed by atoms with Gasteiger partial charge in [0.15, 0.2) is 0 Å². The maximum Gasteiger partial charge on any atom is 0.243 e. The second kappa shape index (κ2) is 6.70. The van der Waals surface area contributed by atoms with Crippen molar-refractivity contribution in [3.05, 3.63) is 29.3 Å². The fraction of sp³-hybridized carbons (Fsp3) is 0.538. The maximum absolute atomic E-state index is 12.4. The van der Waals surface area contributed by atoms with E-state index in [1.54, 1.807) is 12.1 Å². The summed E-state index contributed by atoms with van der Waals surface area (Å²) >= 11 is 5.76. The Labute approximate surface area is 120 Å². The molecule has 1 aromatic carbocycles. The van der Waals surface area contributed by atoms with Crippen LogP contribution in [0, 0.1) is 5.92 Å². The normalized spacial score (nSPS) is 15.5. The molecule has 1 unspecified atom stereocenters. The fourth-order valence-electron chi connectivity index (χ4n) is 1.88. The lowest BCUT2D eigenvalue weighted by Crippen LogP contribution is -2.43. The van der Waals surface area contributed by atoms with Crippen molar-refractivity contribution in [2.75, 3.05) is 13.7 Å². The highest BCUT2D eigenvalue weighted by Crippen LogP contribution is 2.22. The van der Waals surface area contributed by atoms with Gasteiger partial charge in [-0.15, -0.1) is 0 Å². The summed E-state index contributed by atoms with van der Waals surface area (Å²) in [4.78, 5) is 0.182. The lowest BCUT2D eigenvalue weighted by Gasteiger charge is -2.30. The van der Waals surface area contributed by atoms with Gasteiger partial charge in [0.1, 0.15) is 0 Å². The molecule has 0 spiro atoms. The summed E-state index contributed by atoms with van der Waals surface area (Å²) in [6.45, 7) is 3.70. The molecule has 0 aromatic heterocycles. The average Bonchev–Trinajstić information content (AvgIpc) is 2.39. The molecule has 0 aliphatic rings. The molecule has 2 atom stereocenters. The standard InChI is InChI=1S/C13H20ClNO3S/c1-4-10(2)13(9-16)15(3)19(17,18)12-7-5-11(14)6-8-12/h5-8,10,13,16H,4,9H2,1-3H3/t10?,13-/m1/s1. The van der Waals surface area contributed by atoms with Gasteiger partial charge in [0.05, 0.1) is 17.5 Å². The van der Waals surface area contributed by atoms with Crippen molar-refractivity contribution in [1.82, 2.24) is 4.31 Å². The van der Waals surface area contributed by atoms with E-state index in [-0.39, 0.29) is 17.4 Å². The fourth-order valence-corrected chi connectivity index (χ4v) is 3.45. The third-order valence-electron chi connectivity index (χ3n) is 3.45. The van der Waals surface area contributed by atoms with E-state index >= 15 is 0 Å². The van der Waals surface area contributed by atoms with Gasteiger partial charge >= 0.3 is 0 Å². The number of halogens is 1. The Kier molecular flexibility index (Phi) is 5.80. The van der Waals surface area contributed by atoms with Gasteiger partial charge in [-0.3, -0.25) is 0 Å². The van der Waals surface area contributed by atoms with Crippen LogP contribution in [0.25, 0.3) is 0 Å². The zero-order valence-electron chi connectivity index (χ0n) is 11.4. The molecule has 1 aromatic rings. The third kappa shape index (κ3) is 3.69. The third-order valence-corrected chi connectivity index (χ3v) is 5.59. The SMILES string of the molecule is CCC(C)[C@@H](CO)N(C)S(=O)(=O)c1ccc(Cl)cc1. The van der Waals surface area contributed by atoms with E-state index in [0.29, 0.717) is 5.02 Å². The van der Waals surface area contributed by atoms with Gasteiger partial charge in [0, 0.05) is 12.1 Å². The first-order chi connectivity index (χ1) is 8.84.